The highest BCUT2D eigenvalue weighted by Gasteiger charge is 2.45. The minimum Gasteiger partial charge on any atom is -0.382 e. The van der Waals surface area contributed by atoms with E-state index in [0.717, 1.165) is 22.0 Å². The normalized spacial score (nSPS) is 19.1. The second kappa shape index (κ2) is 5.36. The van der Waals surface area contributed by atoms with E-state index in [4.69, 9.17) is 5.73 Å². The number of halogens is 1. The Labute approximate surface area is 148 Å². The molecule has 1 aliphatic carbocycles. The number of para-hydroxylation sites is 1. The van der Waals surface area contributed by atoms with E-state index in [1.807, 2.05) is 48.7 Å². The van der Waals surface area contributed by atoms with Crippen LogP contribution in [0.2, 0.25) is 0 Å². The zero-order valence-electron chi connectivity index (χ0n) is 13.8. The molecule has 1 aromatic carbocycles. The molecule has 0 saturated heterocycles. The van der Waals surface area contributed by atoms with Crippen molar-refractivity contribution in [1.29, 1.82) is 0 Å². The maximum atomic E-state index is 13.4. The molecule has 1 fully saturated rings. The number of aromatic nitrogens is 3. The van der Waals surface area contributed by atoms with Crippen LogP contribution in [0.1, 0.15) is 16.9 Å². The average molecular weight is 346 g/mol. The molecular weight excluding hydrogens is 331 g/mol. The second-order valence-electron chi connectivity index (χ2n) is 6.59. The highest BCUT2D eigenvalue weighted by atomic mass is 19.1. The Hall–Kier alpha value is -3.28. The Balaban J connectivity index is 1.71. The fourth-order valence-electron chi connectivity index (χ4n) is 3.43. The number of ketones is 1. The molecule has 2 N–H and O–H groups in total. The number of nitrogens with two attached hydrogens (primary N) is 1. The molecule has 6 heteroatoms. The number of nitrogens with zero attached hydrogens (tertiary/aromatic N) is 3. The van der Waals surface area contributed by atoms with Crippen molar-refractivity contribution in [2.75, 3.05) is 5.73 Å². The molecule has 0 spiro atoms. The van der Waals surface area contributed by atoms with E-state index >= 15 is 0 Å². The summed E-state index contributed by atoms with van der Waals surface area (Å²) < 4.78 is 15.0. The van der Waals surface area contributed by atoms with Crippen molar-refractivity contribution in [3.8, 4) is 11.1 Å². The van der Waals surface area contributed by atoms with Crippen LogP contribution >= 0.6 is 0 Å². The smallest absolute Gasteiger partial charge is 0.189 e. The number of hydrogen-bond acceptors (Lipinski definition) is 4. The molecule has 0 aliphatic heterocycles. The van der Waals surface area contributed by atoms with Crippen molar-refractivity contribution >= 4 is 28.2 Å². The monoisotopic (exact) mass is 346 g/mol. The summed E-state index contributed by atoms with van der Waals surface area (Å²) in [5, 5.41) is 1.02. The Morgan fingerprint density at radius 3 is 2.81 bits per heavy atom. The van der Waals surface area contributed by atoms with Gasteiger partial charge in [0.05, 0.1) is 11.4 Å². The quantitative estimate of drug-likeness (QED) is 0.575. The third kappa shape index (κ3) is 2.19. The number of alkyl halides is 1. The van der Waals surface area contributed by atoms with Crippen molar-refractivity contribution < 1.29 is 9.18 Å². The molecule has 0 radical (unpaired) electrons. The lowest BCUT2D eigenvalue weighted by Crippen LogP contribution is -2.10. The first-order chi connectivity index (χ1) is 12.6. The second-order valence-corrected chi connectivity index (χ2v) is 6.59. The number of nitrogen functional groups attached to an aromatic ring is 1. The highest BCUT2D eigenvalue weighted by Crippen LogP contribution is 2.38. The number of pyridine rings is 2. The topological polar surface area (TPSA) is 73.3 Å². The fourth-order valence-corrected chi connectivity index (χ4v) is 3.43. The predicted octanol–water partition coefficient (Wildman–Crippen LogP) is 3.67. The van der Waals surface area contributed by atoms with Gasteiger partial charge in [0, 0.05) is 17.8 Å². The van der Waals surface area contributed by atoms with Crippen molar-refractivity contribution in [2.24, 2.45) is 5.92 Å². The molecule has 0 amide bonds. The van der Waals surface area contributed by atoms with E-state index < -0.39 is 12.1 Å². The number of Topliss-reactive ketones (excluding diaryl/α,β-unsaturated/α-hetero) is 1. The fraction of sp³-hybridized carbons (Fsp3) is 0.150. The first-order valence-electron chi connectivity index (χ1n) is 8.43. The lowest BCUT2D eigenvalue weighted by molar-refractivity contribution is 0.0952. The van der Waals surface area contributed by atoms with Gasteiger partial charge in [0.25, 0.3) is 0 Å². The standard InChI is InChI=1S/C20H15FN4O/c21-15-9-14(15)19(26)18-20(22)24-17-6-5-11(10-25(17)18)12-7-8-23-16-4-2-1-3-13(12)16/h1-8,10,14-15H,9,22H2/t14-,15+/m1/s1. The number of hydrogen-bond donors (Lipinski definition) is 1. The number of rotatable bonds is 3. The van der Waals surface area contributed by atoms with Gasteiger partial charge in [0.2, 0.25) is 0 Å². The van der Waals surface area contributed by atoms with Crippen LogP contribution in [0.25, 0.3) is 27.7 Å². The van der Waals surface area contributed by atoms with E-state index in [1.54, 1.807) is 10.6 Å². The first kappa shape index (κ1) is 15.0. The molecule has 128 valence electrons. The van der Waals surface area contributed by atoms with Crippen LogP contribution in [0.3, 0.4) is 0 Å². The van der Waals surface area contributed by atoms with E-state index in [9.17, 15) is 9.18 Å². The van der Waals surface area contributed by atoms with E-state index in [-0.39, 0.29) is 23.7 Å². The summed E-state index contributed by atoms with van der Waals surface area (Å²) in [6.07, 6.45) is 2.79. The van der Waals surface area contributed by atoms with Gasteiger partial charge in [-0.05, 0) is 41.8 Å². The van der Waals surface area contributed by atoms with Crippen LogP contribution in [-0.2, 0) is 0 Å². The van der Waals surface area contributed by atoms with Gasteiger partial charge in [0.1, 0.15) is 17.5 Å². The minimum absolute atomic E-state index is 0.144. The highest BCUT2D eigenvalue weighted by molar-refractivity contribution is 6.03. The molecule has 3 heterocycles. The Morgan fingerprint density at radius 1 is 1.19 bits per heavy atom. The van der Waals surface area contributed by atoms with Gasteiger partial charge in [-0.2, -0.15) is 0 Å². The average Bonchev–Trinajstić information content (AvgIpc) is 3.30. The van der Waals surface area contributed by atoms with Crippen molar-refractivity contribution in [2.45, 2.75) is 12.6 Å². The molecule has 5 nitrogen and oxygen atoms in total. The van der Waals surface area contributed by atoms with Gasteiger partial charge < -0.3 is 5.73 Å². The lowest BCUT2D eigenvalue weighted by Gasteiger charge is -2.08. The summed E-state index contributed by atoms with van der Waals surface area (Å²) in [7, 11) is 0. The predicted molar refractivity (Wildman–Crippen MR) is 97.7 cm³/mol. The summed E-state index contributed by atoms with van der Waals surface area (Å²) in [5.74, 6) is -0.729. The molecule has 1 aliphatic rings. The molecule has 26 heavy (non-hydrogen) atoms. The van der Waals surface area contributed by atoms with Gasteiger partial charge in [0.15, 0.2) is 11.6 Å². The Bertz CT molecular complexity index is 1180. The Morgan fingerprint density at radius 2 is 2.00 bits per heavy atom. The van der Waals surface area contributed by atoms with Crippen LogP contribution in [0.4, 0.5) is 10.2 Å². The summed E-state index contributed by atoms with van der Waals surface area (Å²) in [6, 6.07) is 13.6. The number of fused-ring (bicyclic) bond motifs is 2. The number of carbonyl (C=O) groups is 1. The summed E-state index contributed by atoms with van der Waals surface area (Å²) >= 11 is 0. The zero-order valence-corrected chi connectivity index (χ0v) is 13.8. The van der Waals surface area contributed by atoms with Gasteiger partial charge in [-0.1, -0.05) is 18.2 Å². The van der Waals surface area contributed by atoms with Crippen LogP contribution in [-0.4, -0.2) is 26.3 Å². The molecule has 4 aromatic rings. The lowest BCUT2D eigenvalue weighted by atomic mass is 10.0. The van der Waals surface area contributed by atoms with Gasteiger partial charge >= 0.3 is 0 Å². The minimum atomic E-state index is -1.07. The van der Waals surface area contributed by atoms with E-state index in [2.05, 4.69) is 9.97 Å². The summed E-state index contributed by atoms with van der Waals surface area (Å²) in [5.41, 5.74) is 9.60. The number of carbonyl (C=O) groups excluding carboxylic acids is 1. The molecule has 3 aromatic heterocycles. The van der Waals surface area contributed by atoms with E-state index in [0.29, 0.717) is 5.65 Å². The number of imidazole rings is 1. The maximum absolute atomic E-state index is 13.4. The van der Waals surface area contributed by atoms with Gasteiger partial charge in [-0.3, -0.25) is 14.2 Å². The van der Waals surface area contributed by atoms with Crippen LogP contribution in [0.5, 0.6) is 0 Å². The maximum Gasteiger partial charge on any atom is 0.189 e. The number of anilines is 1. The van der Waals surface area contributed by atoms with Gasteiger partial charge in [-0.25, -0.2) is 9.37 Å². The Kier molecular flexibility index (Phi) is 3.09. The first-order valence-corrected chi connectivity index (χ1v) is 8.43. The molecule has 2 atom stereocenters. The van der Waals surface area contributed by atoms with Crippen LogP contribution in [0.15, 0.2) is 54.9 Å². The molecular formula is C20H15FN4O. The van der Waals surface area contributed by atoms with Gasteiger partial charge in [-0.15, -0.1) is 0 Å². The summed E-state index contributed by atoms with van der Waals surface area (Å²) in [4.78, 5) is 21.2. The van der Waals surface area contributed by atoms with Crippen molar-refractivity contribution in [3.63, 3.8) is 0 Å². The largest absolute Gasteiger partial charge is 0.382 e. The molecule has 5 rings (SSSR count). The zero-order chi connectivity index (χ0) is 17.8. The molecule has 1 saturated carbocycles. The molecule has 0 unspecified atom stereocenters. The third-order valence-electron chi connectivity index (χ3n) is 4.89. The summed E-state index contributed by atoms with van der Waals surface area (Å²) in [6.45, 7) is 0. The third-order valence-corrected chi connectivity index (χ3v) is 4.89. The number of benzene rings is 1. The van der Waals surface area contributed by atoms with Crippen LogP contribution < -0.4 is 5.73 Å². The SMILES string of the molecule is Nc1nc2ccc(-c3ccnc4ccccc34)cn2c1C(=O)[C@@H]1C[C@@H]1F. The molecule has 0 bridgehead atoms. The van der Waals surface area contributed by atoms with Crippen LogP contribution in [0, 0.1) is 5.92 Å². The van der Waals surface area contributed by atoms with E-state index in [1.165, 1.54) is 0 Å². The van der Waals surface area contributed by atoms with Crippen molar-refractivity contribution in [3.05, 3.63) is 60.6 Å². The van der Waals surface area contributed by atoms with Crippen molar-refractivity contribution in [1.82, 2.24) is 14.4 Å².